The van der Waals surface area contributed by atoms with Gasteiger partial charge in [-0.1, -0.05) is 12.1 Å². The zero-order valence-corrected chi connectivity index (χ0v) is 13.3. The molecule has 0 unspecified atom stereocenters. The van der Waals surface area contributed by atoms with Gasteiger partial charge in [-0.3, -0.25) is 4.79 Å². The number of nitrogens with one attached hydrogen (secondary N) is 1. The first kappa shape index (κ1) is 17.1. The van der Waals surface area contributed by atoms with E-state index in [1.54, 1.807) is 6.92 Å². The highest BCUT2D eigenvalue weighted by atomic mass is 32.2. The molecule has 7 heteroatoms. The van der Waals surface area contributed by atoms with Gasteiger partial charge in [0.25, 0.3) is 5.91 Å². The van der Waals surface area contributed by atoms with Gasteiger partial charge in [0, 0.05) is 23.4 Å². The van der Waals surface area contributed by atoms with Crippen LogP contribution in [0.5, 0.6) is 0 Å². The molecule has 1 atom stereocenters. The van der Waals surface area contributed by atoms with Crippen molar-refractivity contribution < 1.29 is 22.0 Å². The Bertz CT molecular complexity index is 850. The summed E-state index contributed by atoms with van der Waals surface area (Å²) in [5, 5.41) is 2.56. The van der Waals surface area contributed by atoms with Crippen molar-refractivity contribution in [1.29, 1.82) is 0 Å². The summed E-state index contributed by atoms with van der Waals surface area (Å²) >= 11 is 0. The lowest BCUT2D eigenvalue weighted by atomic mass is 10.1. The predicted octanol–water partition coefficient (Wildman–Crippen LogP) is 2.86. The lowest BCUT2D eigenvalue weighted by molar-refractivity contribution is 0.0939. The number of carbonyl (C=O) groups is 1. The smallest absolute Gasteiger partial charge is 0.251 e. The van der Waals surface area contributed by atoms with Crippen LogP contribution in [-0.2, 0) is 9.84 Å². The van der Waals surface area contributed by atoms with Crippen LogP contribution in [0.25, 0.3) is 0 Å². The van der Waals surface area contributed by atoms with E-state index in [-0.39, 0.29) is 16.0 Å². The molecular formula is C16H15F2NO3S. The third-order valence-corrected chi connectivity index (χ3v) is 4.41. The van der Waals surface area contributed by atoms with Crippen molar-refractivity contribution in [2.45, 2.75) is 17.9 Å². The molecule has 0 radical (unpaired) electrons. The van der Waals surface area contributed by atoms with Crippen LogP contribution >= 0.6 is 0 Å². The van der Waals surface area contributed by atoms with E-state index in [2.05, 4.69) is 5.32 Å². The molecule has 0 saturated heterocycles. The van der Waals surface area contributed by atoms with Crippen molar-refractivity contribution in [1.82, 2.24) is 5.32 Å². The molecule has 0 aromatic heterocycles. The maximum Gasteiger partial charge on any atom is 0.251 e. The Morgan fingerprint density at radius 2 is 1.83 bits per heavy atom. The minimum absolute atomic E-state index is 0.0192. The van der Waals surface area contributed by atoms with E-state index in [0.717, 1.165) is 18.4 Å². The highest BCUT2D eigenvalue weighted by Crippen LogP contribution is 2.19. The molecule has 0 heterocycles. The van der Waals surface area contributed by atoms with Gasteiger partial charge in [-0.2, -0.15) is 0 Å². The molecule has 0 aliphatic heterocycles. The van der Waals surface area contributed by atoms with E-state index in [1.807, 2.05) is 0 Å². The summed E-state index contributed by atoms with van der Waals surface area (Å²) in [6, 6.07) is 7.93. The maximum atomic E-state index is 13.7. The van der Waals surface area contributed by atoms with Crippen molar-refractivity contribution in [3.8, 4) is 0 Å². The number of hydrogen-bond donors (Lipinski definition) is 1. The molecule has 0 fully saturated rings. The zero-order chi connectivity index (χ0) is 17.2. The standard InChI is InChI=1S/C16H15F2NO3S/c1-10(14-7-6-12(17)9-15(14)18)19-16(20)11-4-3-5-13(8-11)23(2,21)22/h3-10H,1-2H3,(H,19,20)/t10-/m0/s1. The second-order valence-electron chi connectivity index (χ2n) is 5.16. The highest BCUT2D eigenvalue weighted by Gasteiger charge is 2.17. The van der Waals surface area contributed by atoms with Gasteiger partial charge in [0.2, 0.25) is 0 Å². The van der Waals surface area contributed by atoms with Crippen LogP contribution in [0.1, 0.15) is 28.9 Å². The summed E-state index contributed by atoms with van der Waals surface area (Å²) in [4.78, 5) is 12.2. The quantitative estimate of drug-likeness (QED) is 0.932. The van der Waals surface area contributed by atoms with E-state index < -0.39 is 33.4 Å². The normalized spacial score (nSPS) is 12.7. The summed E-state index contributed by atoms with van der Waals surface area (Å²) in [6.45, 7) is 1.55. The highest BCUT2D eigenvalue weighted by molar-refractivity contribution is 7.90. The number of rotatable bonds is 4. The lowest BCUT2D eigenvalue weighted by Crippen LogP contribution is -2.27. The summed E-state index contributed by atoms with van der Waals surface area (Å²) in [7, 11) is -3.43. The third-order valence-electron chi connectivity index (χ3n) is 3.30. The minimum atomic E-state index is -3.43. The average Bonchev–Trinajstić information content (AvgIpc) is 2.46. The topological polar surface area (TPSA) is 63.2 Å². The lowest BCUT2D eigenvalue weighted by Gasteiger charge is -2.15. The molecule has 2 aromatic rings. The fraction of sp³-hybridized carbons (Fsp3) is 0.188. The van der Waals surface area contributed by atoms with Crippen LogP contribution in [0.15, 0.2) is 47.4 Å². The van der Waals surface area contributed by atoms with Crippen LogP contribution < -0.4 is 5.32 Å². The van der Waals surface area contributed by atoms with Crippen LogP contribution in [0.4, 0.5) is 8.78 Å². The monoisotopic (exact) mass is 339 g/mol. The van der Waals surface area contributed by atoms with E-state index in [1.165, 1.54) is 30.3 Å². The van der Waals surface area contributed by atoms with Crippen LogP contribution in [0, 0.1) is 11.6 Å². The van der Waals surface area contributed by atoms with Crippen molar-refractivity contribution in [2.75, 3.05) is 6.26 Å². The zero-order valence-electron chi connectivity index (χ0n) is 12.5. The predicted molar refractivity (Wildman–Crippen MR) is 81.8 cm³/mol. The van der Waals surface area contributed by atoms with Crippen LogP contribution in [-0.4, -0.2) is 20.6 Å². The first-order valence-electron chi connectivity index (χ1n) is 6.74. The summed E-state index contributed by atoms with van der Waals surface area (Å²) in [5.74, 6) is -2.01. The number of halogens is 2. The molecule has 4 nitrogen and oxygen atoms in total. The largest absolute Gasteiger partial charge is 0.345 e. The van der Waals surface area contributed by atoms with Crippen molar-refractivity contribution >= 4 is 15.7 Å². The molecule has 0 aliphatic carbocycles. The number of benzene rings is 2. The van der Waals surface area contributed by atoms with E-state index in [4.69, 9.17) is 0 Å². The minimum Gasteiger partial charge on any atom is -0.345 e. The van der Waals surface area contributed by atoms with Crippen molar-refractivity contribution in [3.63, 3.8) is 0 Å². The maximum absolute atomic E-state index is 13.7. The first-order valence-corrected chi connectivity index (χ1v) is 8.63. The van der Waals surface area contributed by atoms with Gasteiger partial charge in [-0.05, 0) is 31.2 Å². The summed E-state index contributed by atoms with van der Waals surface area (Å²) in [5.41, 5.74) is 0.279. The Kier molecular flexibility index (Phi) is 4.79. The molecule has 2 rings (SSSR count). The Morgan fingerprint density at radius 3 is 2.43 bits per heavy atom. The van der Waals surface area contributed by atoms with E-state index in [0.29, 0.717) is 0 Å². The van der Waals surface area contributed by atoms with Gasteiger partial charge in [0.05, 0.1) is 10.9 Å². The van der Waals surface area contributed by atoms with Crippen molar-refractivity contribution in [2.24, 2.45) is 0 Å². The molecule has 1 N–H and O–H groups in total. The second-order valence-corrected chi connectivity index (χ2v) is 7.18. The molecule has 23 heavy (non-hydrogen) atoms. The Hall–Kier alpha value is -2.28. The fourth-order valence-electron chi connectivity index (χ4n) is 2.08. The summed E-state index contributed by atoms with van der Waals surface area (Å²) < 4.78 is 49.6. The SMILES string of the molecule is C[C@H](NC(=O)c1cccc(S(C)(=O)=O)c1)c1ccc(F)cc1F. The number of hydrogen-bond acceptors (Lipinski definition) is 3. The average molecular weight is 339 g/mol. The van der Waals surface area contributed by atoms with Gasteiger partial charge in [0.15, 0.2) is 9.84 Å². The molecular weight excluding hydrogens is 324 g/mol. The van der Waals surface area contributed by atoms with Gasteiger partial charge >= 0.3 is 0 Å². The second kappa shape index (κ2) is 6.45. The number of sulfone groups is 1. The van der Waals surface area contributed by atoms with Gasteiger partial charge < -0.3 is 5.32 Å². The van der Waals surface area contributed by atoms with Gasteiger partial charge in [0.1, 0.15) is 11.6 Å². The Balaban J connectivity index is 2.22. The fourth-order valence-corrected chi connectivity index (χ4v) is 2.75. The Labute approximate surface area is 133 Å². The van der Waals surface area contributed by atoms with Gasteiger partial charge in [-0.15, -0.1) is 0 Å². The van der Waals surface area contributed by atoms with Crippen LogP contribution in [0.2, 0.25) is 0 Å². The van der Waals surface area contributed by atoms with E-state index in [9.17, 15) is 22.0 Å². The molecule has 0 bridgehead atoms. The van der Waals surface area contributed by atoms with Crippen molar-refractivity contribution in [3.05, 3.63) is 65.2 Å². The van der Waals surface area contributed by atoms with Gasteiger partial charge in [-0.25, -0.2) is 17.2 Å². The van der Waals surface area contributed by atoms with E-state index >= 15 is 0 Å². The molecule has 0 spiro atoms. The van der Waals surface area contributed by atoms with Crippen LogP contribution in [0.3, 0.4) is 0 Å². The third kappa shape index (κ3) is 4.13. The summed E-state index contributed by atoms with van der Waals surface area (Å²) in [6.07, 6.45) is 1.04. The number of amides is 1. The molecule has 1 amide bonds. The Morgan fingerprint density at radius 1 is 1.13 bits per heavy atom. The first-order chi connectivity index (χ1) is 10.7. The molecule has 2 aromatic carbocycles. The molecule has 0 saturated carbocycles. The molecule has 0 aliphatic rings. The number of carbonyl (C=O) groups excluding carboxylic acids is 1. The molecule has 122 valence electrons.